The van der Waals surface area contributed by atoms with Crippen LogP contribution in [0.2, 0.25) is 0 Å². The fourth-order valence-electron chi connectivity index (χ4n) is 1.14. The number of hydrogen-bond donors (Lipinski definition) is 4. The van der Waals surface area contributed by atoms with Gasteiger partial charge in [0.25, 0.3) is 0 Å². The van der Waals surface area contributed by atoms with E-state index in [0.29, 0.717) is 10.0 Å². The first-order valence-electron chi connectivity index (χ1n) is 4.34. The van der Waals surface area contributed by atoms with Crippen molar-refractivity contribution in [3.8, 4) is 0 Å². The number of hydrogen-bond acceptors (Lipinski definition) is 5. The van der Waals surface area contributed by atoms with E-state index in [-0.39, 0.29) is 0 Å². The summed E-state index contributed by atoms with van der Waals surface area (Å²) in [5.74, 6) is 0. The number of nitrogens with zero attached hydrogens (tertiary/aromatic N) is 1. The average Bonchev–Trinajstić information content (AvgIpc) is 2.17. The summed E-state index contributed by atoms with van der Waals surface area (Å²) in [6, 6.07) is 9.74. The summed E-state index contributed by atoms with van der Waals surface area (Å²) in [5.41, 5.74) is 9.88. The lowest BCUT2D eigenvalue weighted by Crippen LogP contribution is -2.55. The third kappa shape index (κ3) is 2.85. The quantitative estimate of drug-likeness (QED) is 0.463. The molecule has 1 heterocycles. The van der Waals surface area contributed by atoms with Gasteiger partial charge < -0.3 is 0 Å². The Labute approximate surface area is 98.7 Å². The van der Waals surface area contributed by atoms with Crippen LogP contribution in [0.15, 0.2) is 41.4 Å². The highest BCUT2D eigenvalue weighted by Crippen LogP contribution is 2.07. The van der Waals surface area contributed by atoms with Crippen LogP contribution in [0.1, 0.15) is 0 Å². The zero-order valence-electron chi connectivity index (χ0n) is 7.77. The first-order chi connectivity index (χ1) is 7.24. The summed E-state index contributed by atoms with van der Waals surface area (Å²) in [4.78, 5) is 0.599. The lowest BCUT2D eigenvalue weighted by molar-refractivity contribution is 0.225. The second-order valence-corrected chi connectivity index (χ2v) is 3.85. The number of thiocarbonyl (C=S) groups is 1. The number of thiol groups is 1. The Morgan fingerprint density at radius 1 is 1.20 bits per heavy atom. The van der Waals surface area contributed by atoms with Gasteiger partial charge in [0.15, 0.2) is 0 Å². The van der Waals surface area contributed by atoms with Crippen LogP contribution in [-0.4, -0.2) is 10.2 Å². The van der Waals surface area contributed by atoms with Crippen LogP contribution in [0, 0.1) is 0 Å². The van der Waals surface area contributed by atoms with Gasteiger partial charge >= 0.3 is 0 Å². The smallest absolute Gasteiger partial charge is 0.119 e. The third-order valence-corrected chi connectivity index (χ3v) is 2.17. The first-order valence-corrected chi connectivity index (χ1v) is 5.19. The van der Waals surface area contributed by atoms with Gasteiger partial charge in [-0.3, -0.25) is 16.3 Å². The number of anilines is 1. The molecule has 1 aromatic carbocycles. The maximum Gasteiger partial charge on any atom is 0.119 e. The van der Waals surface area contributed by atoms with E-state index in [1.807, 2.05) is 30.3 Å². The summed E-state index contributed by atoms with van der Waals surface area (Å²) in [6.45, 7) is 0. The zero-order valence-corrected chi connectivity index (χ0v) is 9.48. The molecule has 0 amide bonds. The molecule has 0 atom stereocenters. The van der Waals surface area contributed by atoms with Crippen LogP contribution in [0.5, 0.6) is 0 Å². The van der Waals surface area contributed by atoms with Gasteiger partial charge in [-0.15, -0.1) is 12.6 Å². The van der Waals surface area contributed by atoms with Gasteiger partial charge in [-0.25, -0.2) is 0 Å². The van der Waals surface area contributed by atoms with E-state index >= 15 is 0 Å². The van der Waals surface area contributed by atoms with Crippen LogP contribution in [0.25, 0.3) is 0 Å². The predicted octanol–water partition coefficient (Wildman–Crippen LogP) is 1.44. The summed E-state index contributed by atoms with van der Waals surface area (Å²) < 4.78 is 0. The van der Waals surface area contributed by atoms with E-state index in [9.17, 15) is 0 Å². The molecule has 2 rings (SSSR count). The topological polar surface area (TPSA) is 39.3 Å². The molecule has 0 radical (unpaired) electrons. The molecule has 0 bridgehead atoms. The normalized spacial score (nSPS) is 16.3. The number of rotatable bonds is 2. The zero-order chi connectivity index (χ0) is 10.7. The standard InChI is InChI=1S/C9H10N4S2/c14-8-6-9(15)12-13(11-8)10-7-4-2-1-3-5-7/h1-6,10-11,14H,(H,12,15). The largest absolute Gasteiger partial charge is 0.283 e. The molecule has 0 spiro atoms. The minimum atomic E-state index is 0.599. The van der Waals surface area contributed by atoms with E-state index < -0.39 is 0 Å². The Morgan fingerprint density at radius 2 is 1.93 bits per heavy atom. The highest BCUT2D eigenvalue weighted by molar-refractivity contribution is 7.84. The molecule has 15 heavy (non-hydrogen) atoms. The van der Waals surface area contributed by atoms with Crippen LogP contribution >= 0.6 is 24.8 Å². The van der Waals surface area contributed by atoms with Crippen molar-refractivity contribution in [2.24, 2.45) is 0 Å². The molecule has 6 heteroatoms. The first kappa shape index (κ1) is 10.3. The van der Waals surface area contributed by atoms with Crippen molar-refractivity contribution in [3.05, 3.63) is 41.4 Å². The molecule has 0 saturated heterocycles. The lowest BCUT2D eigenvalue weighted by atomic mass is 10.3. The van der Waals surface area contributed by atoms with Crippen LogP contribution in [-0.2, 0) is 0 Å². The summed E-state index contributed by atoms with van der Waals surface area (Å²) >= 11 is 9.21. The third-order valence-electron chi connectivity index (χ3n) is 1.73. The van der Waals surface area contributed by atoms with E-state index in [1.165, 1.54) is 0 Å². The van der Waals surface area contributed by atoms with Crippen molar-refractivity contribution in [3.63, 3.8) is 0 Å². The molecular formula is C9H10N4S2. The summed E-state index contributed by atoms with van der Waals surface area (Å²) in [5, 5.41) is 2.24. The molecule has 78 valence electrons. The van der Waals surface area contributed by atoms with E-state index in [4.69, 9.17) is 12.2 Å². The highest BCUT2D eigenvalue weighted by Gasteiger charge is 2.11. The van der Waals surface area contributed by atoms with E-state index in [2.05, 4.69) is 28.9 Å². The average molecular weight is 238 g/mol. The van der Waals surface area contributed by atoms with Gasteiger partial charge in [-0.2, -0.15) is 0 Å². The maximum absolute atomic E-state index is 5.02. The van der Waals surface area contributed by atoms with Crippen molar-refractivity contribution in [2.75, 3.05) is 5.43 Å². The van der Waals surface area contributed by atoms with Gasteiger partial charge in [0, 0.05) is 6.08 Å². The van der Waals surface area contributed by atoms with Gasteiger partial charge in [0.05, 0.1) is 10.7 Å². The summed E-state index contributed by atoms with van der Waals surface area (Å²) in [7, 11) is 0. The Hall–Kier alpha value is -1.24. The molecule has 3 N–H and O–H groups in total. The molecule has 1 aromatic rings. The molecule has 0 aromatic heterocycles. The monoisotopic (exact) mass is 238 g/mol. The second-order valence-electron chi connectivity index (χ2n) is 2.93. The SMILES string of the molecule is S=C1C=C(S)NN(Nc2ccccc2)N1. The maximum atomic E-state index is 5.02. The fraction of sp³-hybridized carbons (Fsp3) is 0. The fourth-order valence-corrected chi connectivity index (χ4v) is 1.66. The van der Waals surface area contributed by atoms with Crippen LogP contribution in [0.4, 0.5) is 5.69 Å². The van der Waals surface area contributed by atoms with Crippen LogP contribution < -0.4 is 16.3 Å². The van der Waals surface area contributed by atoms with Crippen molar-refractivity contribution < 1.29 is 0 Å². The molecular weight excluding hydrogens is 228 g/mol. The second kappa shape index (κ2) is 4.52. The molecule has 1 aliphatic rings. The van der Waals surface area contributed by atoms with Crippen molar-refractivity contribution in [1.29, 1.82) is 0 Å². The molecule has 1 aliphatic heterocycles. The molecule has 4 nitrogen and oxygen atoms in total. The van der Waals surface area contributed by atoms with Crippen molar-refractivity contribution >= 4 is 35.5 Å². The van der Waals surface area contributed by atoms with Crippen molar-refractivity contribution in [2.45, 2.75) is 0 Å². The number of para-hydroxylation sites is 1. The number of nitrogens with one attached hydrogen (secondary N) is 3. The molecule has 0 aliphatic carbocycles. The molecule has 0 saturated carbocycles. The minimum absolute atomic E-state index is 0.599. The molecule has 0 unspecified atom stereocenters. The number of benzene rings is 1. The van der Waals surface area contributed by atoms with E-state index in [1.54, 1.807) is 11.3 Å². The predicted molar refractivity (Wildman–Crippen MR) is 67.8 cm³/mol. The van der Waals surface area contributed by atoms with Gasteiger partial charge in [-0.05, 0) is 17.4 Å². The Bertz CT molecular complexity index is 390. The Balaban J connectivity index is 2.02. The van der Waals surface area contributed by atoms with E-state index in [0.717, 1.165) is 5.69 Å². The Morgan fingerprint density at radius 3 is 2.60 bits per heavy atom. The van der Waals surface area contributed by atoms with Crippen molar-refractivity contribution in [1.82, 2.24) is 16.1 Å². The number of hydrazine groups is 3. The summed E-state index contributed by atoms with van der Waals surface area (Å²) in [6.07, 6.45) is 1.72. The van der Waals surface area contributed by atoms with Crippen LogP contribution in [0.3, 0.4) is 0 Å². The van der Waals surface area contributed by atoms with Gasteiger partial charge in [0.2, 0.25) is 0 Å². The Kier molecular flexibility index (Phi) is 3.10. The lowest BCUT2D eigenvalue weighted by Gasteiger charge is -2.29. The van der Waals surface area contributed by atoms with Gasteiger partial charge in [-0.1, -0.05) is 30.4 Å². The highest BCUT2D eigenvalue weighted by atomic mass is 32.1. The molecule has 0 fully saturated rings. The minimum Gasteiger partial charge on any atom is -0.283 e. The van der Waals surface area contributed by atoms with Gasteiger partial charge in [0.1, 0.15) is 4.99 Å².